The van der Waals surface area contributed by atoms with Gasteiger partial charge in [-0.05, 0) is 37.3 Å². The number of aryl methyl sites for hydroxylation is 1. The van der Waals surface area contributed by atoms with Crippen LogP contribution in [0.15, 0.2) is 36.5 Å². The van der Waals surface area contributed by atoms with E-state index in [9.17, 15) is 0 Å². The van der Waals surface area contributed by atoms with Crippen LogP contribution >= 0.6 is 0 Å². The fourth-order valence-electron chi connectivity index (χ4n) is 2.71. The van der Waals surface area contributed by atoms with Gasteiger partial charge in [0, 0.05) is 25.8 Å². The predicted octanol–water partition coefficient (Wildman–Crippen LogP) is 3.63. The summed E-state index contributed by atoms with van der Waals surface area (Å²) in [6, 6.07) is 10.5. The van der Waals surface area contributed by atoms with E-state index >= 15 is 0 Å². The third kappa shape index (κ3) is 3.75. The number of hydrogen-bond acceptors (Lipinski definition) is 4. The summed E-state index contributed by atoms with van der Waals surface area (Å²) in [6.07, 6.45) is 4.30. The highest BCUT2D eigenvalue weighted by molar-refractivity contribution is 5.42. The van der Waals surface area contributed by atoms with Gasteiger partial charge in [-0.15, -0.1) is 0 Å². The smallest absolute Gasteiger partial charge is 0.227 e. The second-order valence-corrected chi connectivity index (χ2v) is 6.25. The van der Waals surface area contributed by atoms with E-state index in [0.29, 0.717) is 0 Å². The Labute approximate surface area is 132 Å². The highest BCUT2D eigenvalue weighted by Gasteiger charge is 2.17. The minimum atomic E-state index is 0.785. The molecule has 1 fully saturated rings. The van der Waals surface area contributed by atoms with Crippen LogP contribution in [0.3, 0.4) is 0 Å². The predicted molar refractivity (Wildman–Crippen MR) is 91.1 cm³/mol. The maximum atomic E-state index is 4.66. The Morgan fingerprint density at radius 2 is 1.86 bits per heavy atom. The van der Waals surface area contributed by atoms with Gasteiger partial charge in [-0.3, -0.25) is 0 Å². The molecule has 1 aromatic heterocycles. The first-order valence-corrected chi connectivity index (χ1v) is 8.08. The lowest BCUT2D eigenvalue weighted by Gasteiger charge is -2.30. The molecule has 0 radical (unpaired) electrons. The van der Waals surface area contributed by atoms with Crippen molar-refractivity contribution in [2.75, 3.05) is 23.3 Å². The van der Waals surface area contributed by atoms with Crippen molar-refractivity contribution in [1.29, 1.82) is 0 Å². The second-order valence-electron chi connectivity index (χ2n) is 6.25. The largest absolute Gasteiger partial charge is 0.366 e. The first-order valence-electron chi connectivity index (χ1n) is 8.08. The molecule has 4 nitrogen and oxygen atoms in total. The number of aromatic nitrogens is 2. The van der Waals surface area contributed by atoms with E-state index in [-0.39, 0.29) is 0 Å². The van der Waals surface area contributed by atoms with Gasteiger partial charge in [0.1, 0.15) is 5.82 Å². The van der Waals surface area contributed by atoms with Crippen molar-refractivity contribution in [3.8, 4) is 0 Å². The van der Waals surface area contributed by atoms with E-state index in [1.807, 2.05) is 12.3 Å². The molecular formula is C18H24N4. The molecule has 0 unspecified atom stereocenters. The number of anilines is 2. The molecule has 1 aliphatic rings. The average molecular weight is 296 g/mol. The van der Waals surface area contributed by atoms with Crippen LogP contribution in [0.1, 0.15) is 30.9 Å². The number of rotatable bonds is 4. The quantitative estimate of drug-likeness (QED) is 0.935. The standard InChI is InChI=1S/C18H24N4/c1-14-3-5-16(6-4-14)13-20-17-7-10-19-18(21-17)22-11-8-15(2)9-12-22/h3-7,10,15H,8-9,11-13H2,1-2H3,(H,19,20,21). The highest BCUT2D eigenvalue weighted by atomic mass is 15.3. The zero-order valence-electron chi connectivity index (χ0n) is 13.4. The van der Waals surface area contributed by atoms with Gasteiger partial charge >= 0.3 is 0 Å². The maximum Gasteiger partial charge on any atom is 0.227 e. The first-order chi connectivity index (χ1) is 10.7. The van der Waals surface area contributed by atoms with Crippen LogP contribution < -0.4 is 10.2 Å². The zero-order chi connectivity index (χ0) is 15.4. The van der Waals surface area contributed by atoms with Crippen molar-refractivity contribution in [2.45, 2.75) is 33.2 Å². The number of benzene rings is 1. The zero-order valence-corrected chi connectivity index (χ0v) is 13.4. The van der Waals surface area contributed by atoms with Crippen molar-refractivity contribution >= 4 is 11.8 Å². The van der Waals surface area contributed by atoms with E-state index in [0.717, 1.165) is 37.3 Å². The molecule has 4 heteroatoms. The molecule has 116 valence electrons. The van der Waals surface area contributed by atoms with Crippen molar-refractivity contribution < 1.29 is 0 Å². The summed E-state index contributed by atoms with van der Waals surface area (Å²) in [5, 5.41) is 3.39. The molecule has 22 heavy (non-hydrogen) atoms. The molecule has 1 aromatic carbocycles. The third-order valence-electron chi connectivity index (χ3n) is 4.30. The summed E-state index contributed by atoms with van der Waals surface area (Å²) in [5.74, 6) is 2.56. The number of piperidine rings is 1. The van der Waals surface area contributed by atoms with Gasteiger partial charge in [-0.25, -0.2) is 4.98 Å². The monoisotopic (exact) mass is 296 g/mol. The van der Waals surface area contributed by atoms with Crippen LogP contribution in [0.4, 0.5) is 11.8 Å². The van der Waals surface area contributed by atoms with Crippen LogP contribution in [0.5, 0.6) is 0 Å². The lowest BCUT2D eigenvalue weighted by Crippen LogP contribution is -2.34. The van der Waals surface area contributed by atoms with Crippen molar-refractivity contribution in [3.05, 3.63) is 47.7 Å². The Morgan fingerprint density at radius 1 is 1.14 bits per heavy atom. The van der Waals surface area contributed by atoms with Crippen molar-refractivity contribution in [1.82, 2.24) is 9.97 Å². The summed E-state index contributed by atoms with van der Waals surface area (Å²) < 4.78 is 0. The molecular weight excluding hydrogens is 272 g/mol. The van der Waals surface area contributed by atoms with Gasteiger partial charge in [0.2, 0.25) is 5.95 Å². The SMILES string of the molecule is Cc1ccc(CNc2ccnc(N3CCC(C)CC3)n2)cc1. The fraction of sp³-hybridized carbons (Fsp3) is 0.444. The van der Waals surface area contributed by atoms with Crippen molar-refractivity contribution in [2.24, 2.45) is 5.92 Å². The van der Waals surface area contributed by atoms with Gasteiger partial charge in [0.15, 0.2) is 0 Å². The van der Waals surface area contributed by atoms with Crippen LogP contribution in [0.25, 0.3) is 0 Å². The lowest BCUT2D eigenvalue weighted by atomic mass is 10.00. The summed E-state index contributed by atoms with van der Waals surface area (Å²) in [4.78, 5) is 11.4. The normalized spacial score (nSPS) is 15.8. The Kier molecular flexibility index (Phi) is 4.56. The molecule has 0 bridgehead atoms. The van der Waals surface area contributed by atoms with Gasteiger partial charge in [0.25, 0.3) is 0 Å². The highest BCUT2D eigenvalue weighted by Crippen LogP contribution is 2.20. The number of nitrogens with zero attached hydrogens (tertiary/aromatic N) is 3. The summed E-state index contributed by atoms with van der Waals surface area (Å²) in [7, 11) is 0. The van der Waals surface area contributed by atoms with Crippen LogP contribution in [-0.4, -0.2) is 23.1 Å². The molecule has 0 amide bonds. The van der Waals surface area contributed by atoms with Crippen LogP contribution in [-0.2, 0) is 6.54 Å². The Bertz CT molecular complexity index is 601. The first kappa shape index (κ1) is 14.8. The molecule has 1 saturated heterocycles. The second kappa shape index (κ2) is 6.77. The minimum Gasteiger partial charge on any atom is -0.366 e. The Balaban J connectivity index is 1.62. The molecule has 0 saturated carbocycles. The topological polar surface area (TPSA) is 41.1 Å². The van der Waals surface area contributed by atoms with Gasteiger partial charge < -0.3 is 10.2 Å². The van der Waals surface area contributed by atoms with E-state index in [4.69, 9.17) is 0 Å². The summed E-state index contributed by atoms with van der Waals surface area (Å²) in [6.45, 7) is 7.32. The van der Waals surface area contributed by atoms with E-state index in [1.165, 1.54) is 24.0 Å². The maximum absolute atomic E-state index is 4.66. The van der Waals surface area contributed by atoms with Gasteiger partial charge in [-0.2, -0.15) is 4.98 Å². The van der Waals surface area contributed by atoms with E-state index in [1.54, 1.807) is 0 Å². The molecule has 0 spiro atoms. The summed E-state index contributed by atoms with van der Waals surface area (Å²) >= 11 is 0. The summed E-state index contributed by atoms with van der Waals surface area (Å²) in [5.41, 5.74) is 2.55. The van der Waals surface area contributed by atoms with Gasteiger partial charge in [-0.1, -0.05) is 36.8 Å². The Morgan fingerprint density at radius 3 is 2.59 bits per heavy atom. The number of hydrogen-bond donors (Lipinski definition) is 1. The molecule has 0 aliphatic carbocycles. The van der Waals surface area contributed by atoms with E-state index in [2.05, 4.69) is 58.3 Å². The van der Waals surface area contributed by atoms with Crippen molar-refractivity contribution in [3.63, 3.8) is 0 Å². The molecule has 2 heterocycles. The number of nitrogens with one attached hydrogen (secondary N) is 1. The molecule has 0 atom stereocenters. The molecule has 1 N–H and O–H groups in total. The van der Waals surface area contributed by atoms with Crippen LogP contribution in [0.2, 0.25) is 0 Å². The van der Waals surface area contributed by atoms with Gasteiger partial charge in [0.05, 0.1) is 0 Å². The minimum absolute atomic E-state index is 0.785. The average Bonchev–Trinajstić information content (AvgIpc) is 2.55. The fourth-order valence-corrected chi connectivity index (χ4v) is 2.71. The lowest BCUT2D eigenvalue weighted by molar-refractivity contribution is 0.434. The van der Waals surface area contributed by atoms with E-state index < -0.39 is 0 Å². The molecule has 1 aliphatic heterocycles. The Hall–Kier alpha value is -2.10. The van der Waals surface area contributed by atoms with Crippen LogP contribution in [0, 0.1) is 12.8 Å². The third-order valence-corrected chi connectivity index (χ3v) is 4.30. The molecule has 2 aromatic rings. The molecule has 3 rings (SSSR count).